The van der Waals surface area contributed by atoms with Crippen LogP contribution in [0.2, 0.25) is 0 Å². The van der Waals surface area contributed by atoms with E-state index >= 15 is 0 Å². The lowest BCUT2D eigenvalue weighted by Gasteiger charge is -2.04. The van der Waals surface area contributed by atoms with Crippen LogP contribution in [-0.2, 0) is 5.92 Å². The molecule has 128 valence electrons. The first-order valence-electron chi connectivity index (χ1n) is 7.16. The van der Waals surface area contributed by atoms with Gasteiger partial charge in [0.2, 0.25) is 5.82 Å². The molecule has 0 unspecified atom stereocenters. The van der Waals surface area contributed by atoms with Crippen LogP contribution in [0.3, 0.4) is 0 Å². The van der Waals surface area contributed by atoms with E-state index in [1.807, 2.05) is 0 Å². The van der Waals surface area contributed by atoms with Crippen molar-refractivity contribution < 1.29 is 17.6 Å². The second-order valence-electron chi connectivity index (χ2n) is 5.56. The van der Waals surface area contributed by atoms with Gasteiger partial charge in [0.25, 0.3) is 0 Å². The van der Waals surface area contributed by atoms with Crippen molar-refractivity contribution >= 4 is 10.9 Å². The smallest absolute Gasteiger partial charge is 0.303 e. The number of benzene rings is 1. The first kappa shape index (κ1) is 15.4. The molecule has 0 amide bonds. The number of alkyl halides is 2. The van der Waals surface area contributed by atoms with Crippen LogP contribution < -0.4 is 0 Å². The number of aromatic nitrogens is 6. The Kier molecular flexibility index (Phi) is 3.17. The monoisotopic (exact) mass is 350 g/mol. The van der Waals surface area contributed by atoms with E-state index in [4.69, 9.17) is 0 Å². The molecule has 6 nitrogen and oxygen atoms in total. The van der Waals surface area contributed by atoms with Gasteiger partial charge in [-0.1, -0.05) is 0 Å². The highest BCUT2D eigenvalue weighted by Gasteiger charge is 2.30. The lowest BCUT2D eigenvalue weighted by Crippen LogP contribution is -2.09. The van der Waals surface area contributed by atoms with Crippen molar-refractivity contribution in [2.45, 2.75) is 12.8 Å². The van der Waals surface area contributed by atoms with Gasteiger partial charge in [-0.3, -0.25) is 5.10 Å². The van der Waals surface area contributed by atoms with Crippen molar-refractivity contribution in [3.63, 3.8) is 0 Å². The molecular weight excluding hydrogens is 340 g/mol. The second-order valence-corrected chi connectivity index (χ2v) is 5.56. The van der Waals surface area contributed by atoms with Crippen LogP contribution in [0.5, 0.6) is 0 Å². The summed E-state index contributed by atoms with van der Waals surface area (Å²) in [7, 11) is 0. The van der Waals surface area contributed by atoms with Crippen LogP contribution in [0.4, 0.5) is 17.6 Å². The Labute approximate surface area is 137 Å². The molecular formula is C15H10F4N6. The van der Waals surface area contributed by atoms with Crippen molar-refractivity contribution in [3.05, 3.63) is 42.0 Å². The second kappa shape index (κ2) is 5.16. The Morgan fingerprint density at radius 2 is 1.88 bits per heavy atom. The Bertz CT molecular complexity index is 1060. The van der Waals surface area contributed by atoms with E-state index in [1.165, 1.54) is 12.3 Å². The predicted octanol–water partition coefficient (Wildman–Crippen LogP) is 3.73. The molecule has 0 saturated carbocycles. The number of rotatable bonds is 3. The Morgan fingerprint density at radius 3 is 2.52 bits per heavy atom. The molecule has 0 aliphatic rings. The third kappa shape index (κ3) is 2.37. The van der Waals surface area contributed by atoms with Gasteiger partial charge < -0.3 is 9.97 Å². The zero-order valence-corrected chi connectivity index (χ0v) is 12.7. The number of hydrogen-bond acceptors (Lipinski definition) is 3. The summed E-state index contributed by atoms with van der Waals surface area (Å²) in [6.07, 6.45) is 3.01. The van der Waals surface area contributed by atoms with E-state index in [2.05, 4.69) is 30.4 Å². The lowest BCUT2D eigenvalue weighted by molar-refractivity contribution is 0.00813. The third-order valence-electron chi connectivity index (χ3n) is 3.79. The molecule has 0 bridgehead atoms. The van der Waals surface area contributed by atoms with Gasteiger partial charge in [0, 0.05) is 29.6 Å². The SMILES string of the molecule is CC(F)(F)c1nnc(-c2[nH]c3c(F)c(F)ccc3c2-c2cn[nH]c2)[nH]1. The molecule has 1 aromatic carbocycles. The van der Waals surface area contributed by atoms with Crippen LogP contribution in [-0.4, -0.2) is 30.4 Å². The number of aromatic amines is 3. The average molecular weight is 350 g/mol. The molecule has 0 aliphatic carbocycles. The van der Waals surface area contributed by atoms with Crippen LogP contribution in [0.1, 0.15) is 12.7 Å². The summed E-state index contributed by atoms with van der Waals surface area (Å²) in [4.78, 5) is 5.12. The van der Waals surface area contributed by atoms with E-state index in [9.17, 15) is 17.6 Å². The molecule has 3 N–H and O–H groups in total. The van der Waals surface area contributed by atoms with E-state index in [1.54, 1.807) is 6.20 Å². The molecule has 4 aromatic rings. The number of H-pyrrole nitrogens is 3. The summed E-state index contributed by atoms with van der Waals surface area (Å²) in [6.45, 7) is 0.675. The lowest BCUT2D eigenvalue weighted by atomic mass is 10.0. The van der Waals surface area contributed by atoms with E-state index in [0.717, 1.165) is 6.07 Å². The number of hydrogen-bond donors (Lipinski definition) is 3. The fraction of sp³-hybridized carbons (Fsp3) is 0.133. The first-order chi connectivity index (χ1) is 11.9. The molecule has 0 aliphatic heterocycles. The zero-order valence-electron chi connectivity index (χ0n) is 12.7. The Morgan fingerprint density at radius 1 is 1.08 bits per heavy atom. The molecule has 4 rings (SSSR count). The fourth-order valence-electron chi connectivity index (χ4n) is 2.64. The number of halogens is 4. The maximum absolute atomic E-state index is 14.1. The molecule has 0 atom stereocenters. The van der Waals surface area contributed by atoms with Gasteiger partial charge in [-0.15, -0.1) is 10.2 Å². The molecule has 10 heteroatoms. The number of nitrogens with zero attached hydrogens (tertiary/aromatic N) is 3. The summed E-state index contributed by atoms with van der Waals surface area (Å²) >= 11 is 0. The van der Waals surface area contributed by atoms with Crippen LogP contribution in [0.15, 0.2) is 24.5 Å². The third-order valence-corrected chi connectivity index (χ3v) is 3.79. The van der Waals surface area contributed by atoms with E-state index in [-0.39, 0.29) is 17.0 Å². The largest absolute Gasteiger partial charge is 0.349 e. The molecule has 0 spiro atoms. The summed E-state index contributed by atoms with van der Waals surface area (Å²) in [5, 5.41) is 13.9. The van der Waals surface area contributed by atoms with Crippen LogP contribution in [0.25, 0.3) is 33.5 Å². The molecule has 3 heterocycles. The maximum atomic E-state index is 14.1. The van der Waals surface area contributed by atoms with E-state index < -0.39 is 23.4 Å². The fourth-order valence-corrected chi connectivity index (χ4v) is 2.64. The molecule has 0 radical (unpaired) electrons. The number of nitrogens with one attached hydrogen (secondary N) is 3. The molecule has 0 saturated heterocycles. The van der Waals surface area contributed by atoms with Crippen LogP contribution >= 0.6 is 0 Å². The highest BCUT2D eigenvalue weighted by Crippen LogP contribution is 2.38. The standard InChI is InChI=1S/C15H10F4N6/c1-15(18,19)14-23-13(24-25-14)12-9(6-4-20-21-5-6)7-2-3-8(16)10(17)11(7)22-12/h2-5,22H,1H3,(H,20,21)(H,23,24,25). The summed E-state index contributed by atoms with van der Waals surface area (Å²) in [5.74, 6) is -5.98. The van der Waals surface area contributed by atoms with Gasteiger partial charge in [0.1, 0.15) is 0 Å². The maximum Gasteiger partial charge on any atom is 0.303 e. The van der Waals surface area contributed by atoms with Crippen molar-refractivity contribution in [2.24, 2.45) is 0 Å². The van der Waals surface area contributed by atoms with Gasteiger partial charge >= 0.3 is 5.92 Å². The Balaban J connectivity index is 2.02. The minimum absolute atomic E-state index is 0.0243. The van der Waals surface area contributed by atoms with Gasteiger partial charge in [0.05, 0.1) is 17.4 Å². The highest BCUT2D eigenvalue weighted by atomic mass is 19.3. The summed E-state index contributed by atoms with van der Waals surface area (Å²) in [6, 6.07) is 2.38. The van der Waals surface area contributed by atoms with Crippen molar-refractivity contribution in [1.82, 2.24) is 30.4 Å². The average Bonchev–Trinajstić information content (AvgIpc) is 3.27. The minimum Gasteiger partial charge on any atom is -0.349 e. The number of fused-ring (bicyclic) bond motifs is 1. The zero-order chi connectivity index (χ0) is 17.8. The van der Waals surface area contributed by atoms with Gasteiger partial charge in [-0.25, -0.2) is 8.78 Å². The minimum atomic E-state index is -3.22. The summed E-state index contributed by atoms with van der Waals surface area (Å²) in [5.41, 5.74) is 1.08. The molecule has 0 fully saturated rings. The van der Waals surface area contributed by atoms with Crippen LogP contribution in [0, 0.1) is 11.6 Å². The Hall–Kier alpha value is -3.17. The molecule has 25 heavy (non-hydrogen) atoms. The topological polar surface area (TPSA) is 86.0 Å². The van der Waals surface area contributed by atoms with Crippen molar-refractivity contribution in [3.8, 4) is 22.6 Å². The van der Waals surface area contributed by atoms with Gasteiger partial charge in [-0.2, -0.15) is 13.9 Å². The first-order valence-corrected chi connectivity index (χ1v) is 7.16. The quantitative estimate of drug-likeness (QED) is 0.492. The highest BCUT2D eigenvalue weighted by molar-refractivity contribution is 6.02. The molecule has 3 aromatic heterocycles. The predicted molar refractivity (Wildman–Crippen MR) is 80.7 cm³/mol. The van der Waals surface area contributed by atoms with Gasteiger partial charge in [0.15, 0.2) is 17.5 Å². The van der Waals surface area contributed by atoms with E-state index in [0.29, 0.717) is 23.4 Å². The van der Waals surface area contributed by atoms with Crippen molar-refractivity contribution in [1.29, 1.82) is 0 Å². The van der Waals surface area contributed by atoms with Crippen molar-refractivity contribution in [2.75, 3.05) is 0 Å². The normalized spacial score (nSPS) is 12.2. The summed E-state index contributed by atoms with van der Waals surface area (Å²) < 4.78 is 54.5. The van der Waals surface area contributed by atoms with Gasteiger partial charge in [-0.05, 0) is 12.1 Å².